The van der Waals surface area contributed by atoms with E-state index < -0.39 is 0 Å². The van der Waals surface area contributed by atoms with Gasteiger partial charge in [0, 0.05) is 42.6 Å². The van der Waals surface area contributed by atoms with Crippen LogP contribution >= 0.6 is 11.8 Å². The van der Waals surface area contributed by atoms with Gasteiger partial charge < -0.3 is 10.6 Å². The van der Waals surface area contributed by atoms with Gasteiger partial charge in [-0.25, -0.2) is 4.39 Å². The molecule has 2 rings (SSSR count). The zero-order valence-corrected chi connectivity index (χ0v) is 10.9. The van der Waals surface area contributed by atoms with Crippen LogP contribution in [0.4, 0.5) is 4.39 Å². The van der Waals surface area contributed by atoms with E-state index in [1.54, 1.807) is 23.9 Å². The van der Waals surface area contributed by atoms with Crippen molar-refractivity contribution in [1.29, 1.82) is 0 Å². The van der Waals surface area contributed by atoms with E-state index >= 15 is 0 Å². The third-order valence-electron chi connectivity index (χ3n) is 2.87. The van der Waals surface area contributed by atoms with Crippen molar-refractivity contribution in [3.63, 3.8) is 0 Å². The van der Waals surface area contributed by atoms with Gasteiger partial charge in [-0.3, -0.25) is 4.79 Å². The summed E-state index contributed by atoms with van der Waals surface area (Å²) >= 11 is 1.57. The third kappa shape index (κ3) is 4.31. The lowest BCUT2D eigenvalue weighted by Crippen LogP contribution is -2.48. The van der Waals surface area contributed by atoms with E-state index in [0.29, 0.717) is 12.3 Å². The van der Waals surface area contributed by atoms with E-state index in [1.165, 1.54) is 12.1 Å². The molecule has 1 saturated heterocycles. The zero-order valence-electron chi connectivity index (χ0n) is 10.1. The van der Waals surface area contributed by atoms with Crippen LogP contribution in [0, 0.1) is 11.7 Å². The quantitative estimate of drug-likeness (QED) is 0.771. The first kappa shape index (κ1) is 13.4. The molecule has 3 nitrogen and oxygen atoms in total. The first-order chi connectivity index (χ1) is 8.74. The van der Waals surface area contributed by atoms with Crippen molar-refractivity contribution in [1.82, 2.24) is 10.6 Å². The average Bonchev–Trinajstić information content (AvgIpc) is 2.30. The number of halogens is 1. The topological polar surface area (TPSA) is 41.1 Å². The molecule has 1 heterocycles. The highest BCUT2D eigenvalue weighted by Gasteiger charge is 2.16. The van der Waals surface area contributed by atoms with E-state index in [0.717, 1.165) is 30.3 Å². The second-order valence-corrected chi connectivity index (χ2v) is 5.55. The van der Waals surface area contributed by atoms with Crippen LogP contribution < -0.4 is 10.6 Å². The van der Waals surface area contributed by atoms with Gasteiger partial charge in [-0.1, -0.05) is 0 Å². The summed E-state index contributed by atoms with van der Waals surface area (Å²) in [4.78, 5) is 12.5. The molecule has 2 N–H and O–H groups in total. The number of benzene rings is 1. The maximum absolute atomic E-state index is 12.7. The number of nitrogens with one attached hydrogen (secondary N) is 2. The van der Waals surface area contributed by atoms with E-state index in [2.05, 4.69) is 10.6 Å². The van der Waals surface area contributed by atoms with Gasteiger partial charge in [0.15, 0.2) is 0 Å². The minimum atomic E-state index is -0.230. The van der Waals surface area contributed by atoms with Gasteiger partial charge in [-0.05, 0) is 24.3 Å². The second-order valence-electron chi connectivity index (χ2n) is 4.38. The second kappa shape index (κ2) is 6.75. The number of carbonyl (C=O) groups excluding carboxylic acids is 1. The molecule has 0 aromatic heterocycles. The molecule has 1 amide bonds. The fourth-order valence-electron chi connectivity index (χ4n) is 1.63. The van der Waals surface area contributed by atoms with Crippen LogP contribution in [0.5, 0.6) is 0 Å². The largest absolute Gasteiger partial charge is 0.356 e. The Bertz CT molecular complexity index is 392. The molecule has 1 fully saturated rings. The van der Waals surface area contributed by atoms with Gasteiger partial charge >= 0.3 is 0 Å². The summed E-state index contributed by atoms with van der Waals surface area (Å²) in [5, 5.41) is 6.10. The number of amides is 1. The van der Waals surface area contributed by atoms with E-state index in [9.17, 15) is 9.18 Å². The predicted molar refractivity (Wildman–Crippen MR) is 71.1 cm³/mol. The van der Waals surface area contributed by atoms with Crippen molar-refractivity contribution in [3.8, 4) is 0 Å². The first-order valence-electron chi connectivity index (χ1n) is 6.10. The van der Waals surface area contributed by atoms with Crippen molar-refractivity contribution in [2.45, 2.75) is 11.3 Å². The smallest absolute Gasteiger partial charge is 0.220 e. The Balaban J connectivity index is 1.59. The Morgan fingerprint density at radius 3 is 2.72 bits per heavy atom. The molecule has 1 aliphatic heterocycles. The zero-order chi connectivity index (χ0) is 12.8. The summed E-state index contributed by atoms with van der Waals surface area (Å²) in [6, 6.07) is 6.34. The molecule has 0 atom stereocenters. The number of hydrogen-bond donors (Lipinski definition) is 2. The number of hydrogen-bond acceptors (Lipinski definition) is 3. The van der Waals surface area contributed by atoms with E-state index in [-0.39, 0.29) is 11.7 Å². The Morgan fingerprint density at radius 1 is 1.39 bits per heavy atom. The Morgan fingerprint density at radius 2 is 2.11 bits per heavy atom. The van der Waals surface area contributed by atoms with Gasteiger partial charge in [-0.15, -0.1) is 11.8 Å². The van der Waals surface area contributed by atoms with Crippen molar-refractivity contribution >= 4 is 17.7 Å². The molecule has 18 heavy (non-hydrogen) atoms. The summed E-state index contributed by atoms with van der Waals surface area (Å²) < 4.78 is 12.7. The Hall–Kier alpha value is -1.07. The lowest BCUT2D eigenvalue weighted by atomic mass is 10.0. The molecule has 98 valence electrons. The van der Waals surface area contributed by atoms with Gasteiger partial charge in [0.1, 0.15) is 5.82 Å². The Labute approximate surface area is 111 Å². The first-order valence-corrected chi connectivity index (χ1v) is 7.08. The molecule has 1 aliphatic rings. The molecule has 0 saturated carbocycles. The van der Waals surface area contributed by atoms with Crippen molar-refractivity contribution in [3.05, 3.63) is 30.1 Å². The monoisotopic (exact) mass is 268 g/mol. The van der Waals surface area contributed by atoms with Crippen molar-refractivity contribution in [2.75, 3.05) is 25.4 Å². The van der Waals surface area contributed by atoms with Crippen LogP contribution in [0.2, 0.25) is 0 Å². The SMILES string of the molecule is O=C(CCSc1ccc(F)cc1)NCC1CNC1. The molecule has 0 radical (unpaired) electrons. The van der Waals surface area contributed by atoms with Crippen LogP contribution in [0.25, 0.3) is 0 Å². The number of rotatable bonds is 6. The minimum absolute atomic E-state index is 0.0940. The average molecular weight is 268 g/mol. The van der Waals surface area contributed by atoms with Crippen LogP contribution in [-0.4, -0.2) is 31.3 Å². The number of carbonyl (C=O) groups is 1. The summed E-state index contributed by atoms with van der Waals surface area (Å²) in [6.07, 6.45) is 0.502. The highest BCUT2D eigenvalue weighted by atomic mass is 32.2. The molecular formula is C13H17FN2OS. The fraction of sp³-hybridized carbons (Fsp3) is 0.462. The molecule has 0 aliphatic carbocycles. The van der Waals surface area contributed by atoms with Crippen LogP contribution in [0.15, 0.2) is 29.2 Å². The molecule has 0 unspecified atom stereocenters. The molecule has 0 bridgehead atoms. The Kier molecular flexibility index (Phi) is 5.01. The molecule has 1 aromatic carbocycles. The number of thioether (sulfide) groups is 1. The van der Waals surface area contributed by atoms with Crippen LogP contribution in [0.3, 0.4) is 0 Å². The van der Waals surface area contributed by atoms with Crippen LogP contribution in [-0.2, 0) is 4.79 Å². The van der Waals surface area contributed by atoms with Crippen molar-refractivity contribution < 1.29 is 9.18 Å². The maximum Gasteiger partial charge on any atom is 0.220 e. The fourth-order valence-corrected chi connectivity index (χ4v) is 2.48. The van der Waals surface area contributed by atoms with Gasteiger partial charge in [0.2, 0.25) is 5.91 Å². The van der Waals surface area contributed by atoms with Gasteiger partial charge in [0.25, 0.3) is 0 Å². The van der Waals surface area contributed by atoms with Gasteiger partial charge in [0.05, 0.1) is 0 Å². The van der Waals surface area contributed by atoms with E-state index in [4.69, 9.17) is 0 Å². The van der Waals surface area contributed by atoms with Crippen molar-refractivity contribution in [2.24, 2.45) is 5.92 Å². The lowest BCUT2D eigenvalue weighted by Gasteiger charge is -2.27. The van der Waals surface area contributed by atoms with E-state index in [1.807, 2.05) is 0 Å². The molecule has 0 spiro atoms. The summed E-state index contributed by atoms with van der Waals surface area (Å²) in [5.74, 6) is 1.18. The lowest BCUT2D eigenvalue weighted by molar-refractivity contribution is -0.120. The predicted octanol–water partition coefficient (Wildman–Crippen LogP) is 1.64. The highest BCUT2D eigenvalue weighted by Crippen LogP contribution is 2.18. The maximum atomic E-state index is 12.7. The standard InChI is InChI=1S/C13H17FN2OS/c14-11-1-3-12(4-2-11)18-6-5-13(17)16-9-10-7-15-8-10/h1-4,10,15H,5-9H2,(H,16,17). The van der Waals surface area contributed by atoms with Gasteiger partial charge in [-0.2, -0.15) is 0 Å². The highest BCUT2D eigenvalue weighted by molar-refractivity contribution is 7.99. The molecule has 1 aromatic rings. The minimum Gasteiger partial charge on any atom is -0.356 e. The third-order valence-corrected chi connectivity index (χ3v) is 3.88. The summed E-state index contributed by atoms with van der Waals surface area (Å²) in [6.45, 7) is 2.78. The van der Waals surface area contributed by atoms with Crippen LogP contribution in [0.1, 0.15) is 6.42 Å². The molecular weight excluding hydrogens is 251 g/mol. The summed E-state index contributed by atoms with van der Waals surface area (Å²) in [7, 11) is 0. The molecule has 5 heteroatoms. The summed E-state index contributed by atoms with van der Waals surface area (Å²) in [5.41, 5.74) is 0. The normalized spacial score (nSPS) is 15.2.